The normalized spacial score (nSPS) is 14.8. The second-order valence-electron chi connectivity index (χ2n) is 7.43. The molecule has 3 aromatic rings. The monoisotopic (exact) mass is 414 g/mol. The van der Waals surface area contributed by atoms with Crippen molar-refractivity contribution >= 4 is 5.91 Å². The average Bonchev–Trinajstić information content (AvgIpc) is 3.17. The number of nitrogens with one attached hydrogen (secondary N) is 1. The van der Waals surface area contributed by atoms with Crippen molar-refractivity contribution in [3.63, 3.8) is 0 Å². The van der Waals surface area contributed by atoms with E-state index in [1.54, 1.807) is 17.9 Å². The Kier molecular flexibility index (Phi) is 5.43. The molecule has 1 amide bonds. The van der Waals surface area contributed by atoms with Crippen LogP contribution in [-0.2, 0) is 11.2 Å². The van der Waals surface area contributed by atoms with Crippen LogP contribution in [-0.4, -0.2) is 39.3 Å². The minimum Gasteiger partial charge on any atom is -0.356 e. The number of hydrogen-bond acceptors (Lipinski definition) is 5. The van der Waals surface area contributed by atoms with E-state index in [0.29, 0.717) is 48.6 Å². The number of halogens is 2. The second-order valence-corrected chi connectivity index (χ2v) is 7.43. The highest BCUT2D eigenvalue weighted by atomic mass is 19.1. The summed E-state index contributed by atoms with van der Waals surface area (Å²) in [6, 6.07) is 6.28. The van der Waals surface area contributed by atoms with Gasteiger partial charge in [0.05, 0.1) is 17.8 Å². The van der Waals surface area contributed by atoms with E-state index < -0.39 is 11.6 Å². The first-order chi connectivity index (χ1) is 14.4. The van der Waals surface area contributed by atoms with Gasteiger partial charge >= 0.3 is 0 Å². The maximum Gasteiger partial charge on any atom is 0.264 e. The summed E-state index contributed by atoms with van der Waals surface area (Å²) in [6.45, 7) is 2.70. The Morgan fingerprint density at radius 2 is 2.00 bits per heavy atom. The molecule has 0 spiro atoms. The van der Waals surface area contributed by atoms with Crippen molar-refractivity contribution in [2.75, 3.05) is 13.1 Å². The van der Waals surface area contributed by atoms with Crippen LogP contribution in [0.4, 0.5) is 8.78 Å². The first-order valence-electron chi connectivity index (χ1n) is 9.65. The van der Waals surface area contributed by atoms with E-state index in [1.165, 1.54) is 6.07 Å². The van der Waals surface area contributed by atoms with Crippen LogP contribution in [0.25, 0.3) is 11.3 Å². The van der Waals surface area contributed by atoms with Crippen molar-refractivity contribution in [2.45, 2.75) is 32.1 Å². The van der Waals surface area contributed by atoms with E-state index in [4.69, 9.17) is 4.52 Å². The minimum absolute atomic E-state index is 0.0113. The molecule has 1 N–H and O–H groups in total. The van der Waals surface area contributed by atoms with E-state index in [0.717, 1.165) is 18.2 Å². The zero-order chi connectivity index (χ0) is 21.3. The highest BCUT2D eigenvalue weighted by Gasteiger charge is 2.28. The van der Waals surface area contributed by atoms with Gasteiger partial charge in [-0.1, -0.05) is 5.16 Å². The summed E-state index contributed by atoms with van der Waals surface area (Å²) < 4.78 is 32.5. The van der Waals surface area contributed by atoms with E-state index >= 15 is 0 Å². The molecule has 1 saturated heterocycles. The number of aromatic nitrogens is 3. The highest BCUT2D eigenvalue weighted by molar-refractivity contribution is 5.79. The van der Waals surface area contributed by atoms with Crippen LogP contribution in [0.5, 0.6) is 0 Å². The molecular weight excluding hydrogens is 394 g/mol. The third kappa shape index (κ3) is 4.14. The number of carbonyl (C=O) groups excluding carboxylic acids is 1. The van der Waals surface area contributed by atoms with Gasteiger partial charge in [-0.3, -0.25) is 9.59 Å². The zero-order valence-corrected chi connectivity index (χ0v) is 16.3. The van der Waals surface area contributed by atoms with Crippen LogP contribution < -0.4 is 5.56 Å². The lowest BCUT2D eigenvalue weighted by Crippen LogP contribution is -2.39. The first-order valence-corrected chi connectivity index (χ1v) is 9.65. The molecule has 7 nitrogen and oxygen atoms in total. The summed E-state index contributed by atoms with van der Waals surface area (Å²) in [6.07, 6.45) is 1.06. The molecule has 4 rings (SSSR count). The van der Waals surface area contributed by atoms with Gasteiger partial charge < -0.3 is 9.42 Å². The van der Waals surface area contributed by atoms with Gasteiger partial charge in [0.25, 0.3) is 5.56 Å². The van der Waals surface area contributed by atoms with Gasteiger partial charge in [0, 0.05) is 42.3 Å². The van der Waals surface area contributed by atoms with E-state index in [2.05, 4.69) is 15.4 Å². The molecule has 1 aromatic carbocycles. The van der Waals surface area contributed by atoms with Crippen molar-refractivity contribution in [2.24, 2.45) is 0 Å². The highest BCUT2D eigenvalue weighted by Crippen LogP contribution is 2.33. The molecule has 3 heterocycles. The summed E-state index contributed by atoms with van der Waals surface area (Å²) in [7, 11) is 0. The number of benzene rings is 1. The standard InChI is InChI=1S/C21H20F2N4O3/c1-12-8-18(30-26-12)16-11-19(28)24-25-21(16)13-4-6-27(7-5-13)20(29)10-14-9-15(22)2-3-17(14)23/h2-3,8-9,11,13H,4-7,10H2,1H3,(H,24,28). The first kappa shape index (κ1) is 19.9. The molecule has 30 heavy (non-hydrogen) atoms. The van der Waals surface area contributed by atoms with Crippen LogP contribution >= 0.6 is 0 Å². The summed E-state index contributed by atoms with van der Waals surface area (Å²) in [5.74, 6) is -0.932. The molecule has 2 aromatic heterocycles. The summed E-state index contributed by atoms with van der Waals surface area (Å²) in [5.41, 5.74) is 1.68. The Morgan fingerprint density at radius 3 is 2.70 bits per heavy atom. The number of rotatable bonds is 4. The van der Waals surface area contributed by atoms with Gasteiger partial charge in [0.2, 0.25) is 5.91 Å². The molecule has 1 aliphatic heterocycles. The number of amides is 1. The number of H-pyrrole nitrogens is 1. The molecule has 0 radical (unpaired) electrons. The fourth-order valence-corrected chi connectivity index (χ4v) is 3.77. The van der Waals surface area contributed by atoms with Crippen molar-refractivity contribution in [3.8, 4) is 11.3 Å². The van der Waals surface area contributed by atoms with Crippen LogP contribution in [0.2, 0.25) is 0 Å². The fourth-order valence-electron chi connectivity index (χ4n) is 3.77. The Bertz CT molecular complexity index is 1130. The number of piperidine rings is 1. The quantitative estimate of drug-likeness (QED) is 0.709. The maximum atomic E-state index is 13.8. The van der Waals surface area contributed by atoms with Crippen molar-refractivity contribution in [1.82, 2.24) is 20.3 Å². The molecule has 9 heteroatoms. The number of hydrogen-bond donors (Lipinski definition) is 1. The predicted molar refractivity (Wildman–Crippen MR) is 104 cm³/mol. The molecule has 156 valence electrons. The van der Waals surface area contributed by atoms with Crippen molar-refractivity contribution in [1.29, 1.82) is 0 Å². The van der Waals surface area contributed by atoms with Crippen LogP contribution in [0, 0.1) is 18.6 Å². The SMILES string of the molecule is Cc1cc(-c2cc(=O)[nH]nc2C2CCN(C(=O)Cc3cc(F)ccc3F)CC2)on1. The Labute approximate surface area is 170 Å². The summed E-state index contributed by atoms with van der Waals surface area (Å²) >= 11 is 0. The topological polar surface area (TPSA) is 92.1 Å². The van der Waals surface area contributed by atoms with Gasteiger partial charge in [-0.05, 0) is 38.0 Å². The summed E-state index contributed by atoms with van der Waals surface area (Å²) in [5, 5.41) is 10.6. The number of likely N-dealkylation sites (tertiary alicyclic amines) is 1. The van der Waals surface area contributed by atoms with Crippen LogP contribution in [0.15, 0.2) is 39.6 Å². The molecular formula is C21H20F2N4O3. The summed E-state index contributed by atoms with van der Waals surface area (Å²) in [4.78, 5) is 26.0. The minimum atomic E-state index is -0.593. The molecule has 0 saturated carbocycles. The largest absolute Gasteiger partial charge is 0.356 e. The third-order valence-electron chi connectivity index (χ3n) is 5.32. The van der Waals surface area contributed by atoms with Crippen molar-refractivity contribution < 1.29 is 18.1 Å². The lowest BCUT2D eigenvalue weighted by Gasteiger charge is -2.32. The van der Waals surface area contributed by atoms with E-state index in [9.17, 15) is 18.4 Å². The molecule has 1 fully saturated rings. The van der Waals surface area contributed by atoms with Crippen LogP contribution in [0.1, 0.15) is 35.7 Å². The number of carbonyl (C=O) groups is 1. The van der Waals surface area contributed by atoms with Gasteiger partial charge in [-0.2, -0.15) is 5.10 Å². The number of aryl methyl sites for hydroxylation is 1. The lowest BCUT2D eigenvalue weighted by atomic mass is 9.90. The Morgan fingerprint density at radius 1 is 1.23 bits per heavy atom. The predicted octanol–water partition coefficient (Wildman–Crippen LogP) is 2.96. The lowest BCUT2D eigenvalue weighted by molar-refractivity contribution is -0.131. The van der Waals surface area contributed by atoms with Gasteiger partial charge in [0.1, 0.15) is 11.6 Å². The molecule has 0 unspecified atom stereocenters. The van der Waals surface area contributed by atoms with Gasteiger partial charge in [-0.25, -0.2) is 13.9 Å². The van der Waals surface area contributed by atoms with Crippen molar-refractivity contribution in [3.05, 3.63) is 69.3 Å². The maximum absolute atomic E-state index is 13.8. The van der Waals surface area contributed by atoms with E-state index in [1.807, 2.05) is 0 Å². The van der Waals surface area contributed by atoms with Gasteiger partial charge in [-0.15, -0.1) is 0 Å². The Balaban J connectivity index is 1.47. The Hall–Kier alpha value is -3.36. The third-order valence-corrected chi connectivity index (χ3v) is 5.32. The van der Waals surface area contributed by atoms with Gasteiger partial charge in [0.15, 0.2) is 5.76 Å². The number of aromatic amines is 1. The molecule has 1 aliphatic rings. The second kappa shape index (κ2) is 8.17. The smallest absolute Gasteiger partial charge is 0.264 e. The van der Waals surface area contributed by atoms with Crippen LogP contribution in [0.3, 0.4) is 0 Å². The fraction of sp³-hybridized carbons (Fsp3) is 0.333. The van der Waals surface area contributed by atoms with E-state index in [-0.39, 0.29) is 29.4 Å². The zero-order valence-electron chi connectivity index (χ0n) is 16.3. The molecule has 0 atom stereocenters. The molecule has 0 aliphatic carbocycles. The molecule has 0 bridgehead atoms. The number of nitrogens with zero attached hydrogens (tertiary/aromatic N) is 3. The average molecular weight is 414 g/mol.